The first-order chi connectivity index (χ1) is 32.4. The molecule has 0 saturated heterocycles. The van der Waals surface area contributed by atoms with E-state index in [9.17, 15) is 0 Å². The molecule has 3 aliphatic carbocycles. The molecule has 4 aliphatic rings. The summed E-state index contributed by atoms with van der Waals surface area (Å²) in [6, 6.07) is 58.1. The summed E-state index contributed by atoms with van der Waals surface area (Å²) < 4.78 is 4.97. The van der Waals surface area contributed by atoms with Crippen LogP contribution in [-0.2, 0) is 17.4 Å². The lowest BCUT2D eigenvalue weighted by atomic mass is 9.75. The van der Waals surface area contributed by atoms with Gasteiger partial charge in [0.2, 0.25) is 0 Å². The van der Waals surface area contributed by atoms with Crippen molar-refractivity contribution in [3.05, 3.63) is 233 Å². The molecule has 0 amide bonds. The quantitative estimate of drug-likeness (QED) is 0.185. The predicted molar refractivity (Wildman–Crippen MR) is 273 cm³/mol. The van der Waals surface area contributed by atoms with Crippen molar-refractivity contribution >= 4 is 66.2 Å². The van der Waals surface area contributed by atoms with Crippen LogP contribution in [0.4, 0.5) is 0 Å². The van der Waals surface area contributed by atoms with Gasteiger partial charge in [-0.15, -0.1) is 0 Å². The highest BCUT2D eigenvalue weighted by Gasteiger charge is 2.50. The van der Waals surface area contributed by atoms with Crippen LogP contribution in [0.1, 0.15) is 60.3 Å². The molecular weight excluding hydrogens is 803 g/mol. The largest absolute Gasteiger partial charge is 0.376 e. The van der Waals surface area contributed by atoms with E-state index < -0.39 is 5.54 Å². The van der Waals surface area contributed by atoms with Gasteiger partial charge in [-0.3, -0.25) is 4.98 Å². The fourth-order valence-electron chi connectivity index (χ4n) is 12.4. The van der Waals surface area contributed by atoms with E-state index in [1.165, 1.54) is 94.0 Å². The molecule has 14 rings (SSSR count). The summed E-state index contributed by atoms with van der Waals surface area (Å²) in [7, 11) is 0. The fraction of sp³-hybridized carbons (Fsp3) is 0.131. The third-order valence-electron chi connectivity index (χ3n) is 15.5. The van der Waals surface area contributed by atoms with Gasteiger partial charge >= 0.3 is 0 Å². The van der Waals surface area contributed by atoms with Crippen LogP contribution in [-0.4, -0.2) is 14.1 Å². The highest BCUT2D eigenvalue weighted by molar-refractivity contribution is 6.11. The molecule has 2 N–H and O–H groups in total. The van der Waals surface area contributed by atoms with Crippen molar-refractivity contribution in [1.82, 2.24) is 24.8 Å². The molecule has 1 aliphatic heterocycles. The summed E-state index contributed by atoms with van der Waals surface area (Å²) in [6.45, 7) is 7.14. The number of rotatable bonds is 4. The molecule has 3 unspecified atom stereocenters. The van der Waals surface area contributed by atoms with Crippen LogP contribution >= 0.6 is 0 Å². The van der Waals surface area contributed by atoms with Gasteiger partial charge in [0.15, 0.2) is 0 Å². The molecule has 0 saturated carbocycles. The van der Waals surface area contributed by atoms with Gasteiger partial charge in [-0.05, 0) is 101 Å². The zero-order chi connectivity index (χ0) is 43.9. The van der Waals surface area contributed by atoms with Crippen LogP contribution in [0.2, 0.25) is 0 Å². The van der Waals surface area contributed by atoms with Crippen LogP contribution in [0.3, 0.4) is 0 Å². The van der Waals surface area contributed by atoms with Gasteiger partial charge in [0.05, 0.1) is 45.0 Å². The summed E-state index contributed by atoms with van der Waals surface area (Å²) in [5, 5.41) is 16.1. The lowest BCUT2D eigenvalue weighted by Gasteiger charge is -2.47. The molecule has 4 heterocycles. The number of fused-ring (bicyclic) bond motifs is 11. The molecule has 0 fully saturated rings. The fourth-order valence-corrected chi connectivity index (χ4v) is 12.4. The predicted octanol–water partition coefficient (Wildman–Crippen LogP) is 13.9. The van der Waals surface area contributed by atoms with Gasteiger partial charge < -0.3 is 19.8 Å². The van der Waals surface area contributed by atoms with Crippen molar-refractivity contribution in [3.63, 3.8) is 0 Å². The average Bonchev–Trinajstić information content (AvgIpc) is 3.93. The second-order valence-electron chi connectivity index (χ2n) is 19.4. The molecule has 5 heteroatoms. The number of pyridine rings is 1. The number of allylic oxidation sites excluding steroid dienone is 6. The molecule has 66 heavy (non-hydrogen) atoms. The minimum Gasteiger partial charge on any atom is -0.376 e. The first-order valence-electron chi connectivity index (χ1n) is 23.3. The molecule has 3 atom stereocenters. The summed E-state index contributed by atoms with van der Waals surface area (Å²) in [6.07, 6.45) is 14.3. The lowest BCUT2D eigenvalue weighted by Crippen LogP contribution is -2.54. The maximum absolute atomic E-state index is 5.35. The first-order valence-corrected chi connectivity index (χ1v) is 23.3. The number of nitrogens with zero attached hydrogens (tertiary/aromatic N) is 3. The summed E-state index contributed by atoms with van der Waals surface area (Å²) in [5.74, 6) is 0.326. The van der Waals surface area contributed by atoms with Gasteiger partial charge in [0.25, 0.3) is 0 Å². The van der Waals surface area contributed by atoms with Gasteiger partial charge in [-0.2, -0.15) is 0 Å². The van der Waals surface area contributed by atoms with E-state index in [1.807, 2.05) is 6.20 Å². The Labute approximate surface area is 383 Å². The van der Waals surface area contributed by atoms with Crippen LogP contribution in [0.25, 0.3) is 77.5 Å². The Morgan fingerprint density at radius 2 is 1.41 bits per heavy atom. The van der Waals surface area contributed by atoms with E-state index in [2.05, 4.69) is 229 Å². The number of benzene rings is 7. The second-order valence-corrected chi connectivity index (χ2v) is 19.4. The monoisotopic (exact) mass is 849 g/mol. The standard InChI is InChI=1S/C61H47N5/c1-60(2)48-27-13-11-23-42(48)57-59(60)63-58(45-25-15-29-51-55(45)44-24-12-14-28-50(44)65(51)41-21-5-4-6-22-41)61(3,64-57)49-30-31-52(56-43(49)26-16-32-62-56)66-53-35-39-19-9-7-17-37(39)33-46(53)47-34-38-18-8-10-20-40(38)36-54(47)66/h4-35,40,58,63-64H,36H2,1-3H3. The Balaban J connectivity index is 1.03. The molecule has 0 spiro atoms. The molecule has 0 radical (unpaired) electrons. The number of hydrogen-bond acceptors (Lipinski definition) is 3. The van der Waals surface area contributed by atoms with Crippen molar-refractivity contribution in [2.45, 2.75) is 44.2 Å². The molecule has 0 bridgehead atoms. The normalized spacial score (nSPS) is 20.3. The Morgan fingerprint density at radius 1 is 0.636 bits per heavy atom. The van der Waals surface area contributed by atoms with Gasteiger partial charge in [0.1, 0.15) is 0 Å². The van der Waals surface area contributed by atoms with Crippen LogP contribution in [0.15, 0.2) is 199 Å². The van der Waals surface area contributed by atoms with Crippen LogP contribution in [0, 0.1) is 5.92 Å². The number of nitrogens with one attached hydrogen (secondary N) is 2. The minimum atomic E-state index is -0.651. The highest BCUT2D eigenvalue weighted by atomic mass is 15.2. The van der Waals surface area contributed by atoms with Crippen LogP contribution < -0.4 is 10.6 Å². The average molecular weight is 850 g/mol. The molecule has 5 nitrogen and oxygen atoms in total. The van der Waals surface area contributed by atoms with E-state index in [0.717, 1.165) is 28.7 Å². The number of para-hydroxylation sites is 2. The van der Waals surface area contributed by atoms with Gasteiger partial charge in [-0.25, -0.2) is 0 Å². The van der Waals surface area contributed by atoms with Gasteiger partial charge in [-0.1, -0.05) is 147 Å². The zero-order valence-electron chi connectivity index (χ0n) is 37.2. The SMILES string of the molecule is CC1(C)C2=C(NC(C)(c3ccc(-n4c5c(c6cc7ccccc7cc64)C=C4C=CC=CC4C5)c4ncccc34)C(c3cccc4c3c3ccccc3n4-c3ccccc3)N2)c2ccccc21. The maximum Gasteiger partial charge on any atom is 0.0945 e. The van der Waals surface area contributed by atoms with Crippen molar-refractivity contribution in [3.8, 4) is 11.4 Å². The molecule has 3 aromatic heterocycles. The topological polar surface area (TPSA) is 46.8 Å². The Morgan fingerprint density at radius 3 is 2.30 bits per heavy atom. The van der Waals surface area contributed by atoms with E-state index in [-0.39, 0.29) is 11.5 Å². The van der Waals surface area contributed by atoms with Gasteiger partial charge in [0, 0.05) is 67.3 Å². The zero-order valence-corrected chi connectivity index (χ0v) is 37.2. The Bertz CT molecular complexity index is 3850. The number of hydrogen-bond donors (Lipinski definition) is 2. The third-order valence-corrected chi connectivity index (χ3v) is 15.5. The Kier molecular flexibility index (Phi) is 7.71. The molecule has 316 valence electrons. The molecule has 7 aromatic carbocycles. The minimum absolute atomic E-state index is 0.181. The van der Waals surface area contributed by atoms with Crippen molar-refractivity contribution < 1.29 is 0 Å². The number of aromatic nitrogens is 3. The molecular formula is C61H47N5. The maximum atomic E-state index is 5.35. The van der Waals surface area contributed by atoms with E-state index in [4.69, 9.17) is 4.98 Å². The first kappa shape index (κ1) is 37.5. The summed E-state index contributed by atoms with van der Waals surface area (Å²) in [4.78, 5) is 5.35. The lowest BCUT2D eigenvalue weighted by molar-refractivity contribution is 0.284. The highest BCUT2D eigenvalue weighted by Crippen LogP contribution is 2.54. The third kappa shape index (κ3) is 5.08. The van der Waals surface area contributed by atoms with Crippen molar-refractivity contribution in [2.24, 2.45) is 5.92 Å². The summed E-state index contributed by atoms with van der Waals surface area (Å²) >= 11 is 0. The van der Waals surface area contributed by atoms with Crippen LogP contribution in [0.5, 0.6) is 0 Å². The van der Waals surface area contributed by atoms with Crippen molar-refractivity contribution in [2.75, 3.05) is 0 Å². The second kappa shape index (κ2) is 13.6. The van der Waals surface area contributed by atoms with E-state index in [0.29, 0.717) is 5.92 Å². The van der Waals surface area contributed by atoms with E-state index >= 15 is 0 Å². The van der Waals surface area contributed by atoms with E-state index in [1.54, 1.807) is 0 Å². The molecule has 10 aromatic rings. The summed E-state index contributed by atoms with van der Waals surface area (Å²) in [5.41, 5.74) is 17.4. The Hall–Kier alpha value is -7.89. The smallest absolute Gasteiger partial charge is 0.0945 e. The van der Waals surface area contributed by atoms with Crippen molar-refractivity contribution in [1.29, 1.82) is 0 Å².